The second-order valence-corrected chi connectivity index (χ2v) is 3.94. The molecule has 0 unspecified atom stereocenters. The Morgan fingerprint density at radius 2 is 1.79 bits per heavy atom. The minimum Gasteiger partial charge on any atom is -0.493 e. The molecule has 2 aromatic rings. The number of aliphatic hydroxyl groups is 1. The standard InChI is InChI=1S/C16H15NO2/c18-12-1-2-14-3-5-16(6-4-14)19-13-9-15-7-10-17-11-8-15/h3-8,10-11,18H,9,12-13H2. The lowest BCUT2D eigenvalue weighted by Crippen LogP contribution is -2.01. The Kier molecular flexibility index (Phi) is 4.97. The summed E-state index contributed by atoms with van der Waals surface area (Å²) < 4.78 is 5.65. The van der Waals surface area contributed by atoms with Crippen molar-refractivity contribution in [3.8, 4) is 17.6 Å². The zero-order valence-corrected chi connectivity index (χ0v) is 10.5. The Labute approximate surface area is 112 Å². The lowest BCUT2D eigenvalue weighted by molar-refractivity contribution is 0.322. The minimum atomic E-state index is -0.121. The molecule has 0 aliphatic rings. The largest absolute Gasteiger partial charge is 0.493 e. The second-order valence-electron chi connectivity index (χ2n) is 3.94. The fraction of sp³-hybridized carbons (Fsp3) is 0.188. The molecule has 0 bridgehead atoms. The molecule has 1 aromatic carbocycles. The van der Waals surface area contributed by atoms with E-state index in [1.54, 1.807) is 12.4 Å². The third-order valence-electron chi connectivity index (χ3n) is 2.57. The maximum Gasteiger partial charge on any atom is 0.119 e. The number of ether oxygens (including phenoxy) is 1. The molecule has 1 heterocycles. The van der Waals surface area contributed by atoms with Gasteiger partial charge in [-0.05, 0) is 42.0 Å². The minimum absolute atomic E-state index is 0.121. The van der Waals surface area contributed by atoms with Crippen LogP contribution in [0.1, 0.15) is 11.1 Å². The summed E-state index contributed by atoms with van der Waals surface area (Å²) >= 11 is 0. The number of nitrogens with zero attached hydrogens (tertiary/aromatic N) is 1. The summed E-state index contributed by atoms with van der Waals surface area (Å²) in [6.07, 6.45) is 4.42. The molecule has 0 amide bonds. The van der Waals surface area contributed by atoms with Gasteiger partial charge < -0.3 is 9.84 Å². The van der Waals surface area contributed by atoms with Crippen LogP contribution in [0.15, 0.2) is 48.8 Å². The number of hydrogen-bond acceptors (Lipinski definition) is 3. The fourth-order valence-corrected chi connectivity index (χ4v) is 1.61. The highest BCUT2D eigenvalue weighted by Gasteiger charge is 1.95. The van der Waals surface area contributed by atoms with Crippen molar-refractivity contribution in [2.45, 2.75) is 6.42 Å². The topological polar surface area (TPSA) is 42.4 Å². The molecule has 0 fully saturated rings. The number of pyridine rings is 1. The van der Waals surface area contributed by atoms with E-state index in [1.165, 1.54) is 5.56 Å². The van der Waals surface area contributed by atoms with Crippen molar-refractivity contribution in [3.63, 3.8) is 0 Å². The van der Waals surface area contributed by atoms with E-state index in [1.807, 2.05) is 36.4 Å². The molecule has 0 aliphatic carbocycles. The van der Waals surface area contributed by atoms with E-state index in [2.05, 4.69) is 16.8 Å². The van der Waals surface area contributed by atoms with Gasteiger partial charge in [0.05, 0.1) is 6.61 Å². The first-order chi connectivity index (χ1) is 9.38. The van der Waals surface area contributed by atoms with Crippen molar-refractivity contribution in [1.29, 1.82) is 0 Å². The first kappa shape index (κ1) is 13.1. The van der Waals surface area contributed by atoms with Gasteiger partial charge in [0, 0.05) is 24.4 Å². The highest BCUT2D eigenvalue weighted by molar-refractivity contribution is 5.38. The van der Waals surface area contributed by atoms with Crippen LogP contribution in [-0.4, -0.2) is 23.3 Å². The predicted octanol–water partition coefficient (Wildman–Crippen LogP) is 2.05. The SMILES string of the molecule is OCC#Cc1ccc(OCCc2ccncc2)cc1. The predicted molar refractivity (Wildman–Crippen MR) is 73.8 cm³/mol. The Balaban J connectivity index is 1.83. The van der Waals surface area contributed by atoms with Gasteiger partial charge in [0.2, 0.25) is 0 Å². The summed E-state index contributed by atoms with van der Waals surface area (Å²) in [5.74, 6) is 6.27. The highest BCUT2D eigenvalue weighted by Crippen LogP contribution is 2.12. The van der Waals surface area contributed by atoms with Crippen LogP contribution in [-0.2, 0) is 6.42 Å². The monoisotopic (exact) mass is 253 g/mol. The van der Waals surface area contributed by atoms with E-state index in [0.29, 0.717) is 6.61 Å². The number of aliphatic hydroxyl groups excluding tert-OH is 1. The molecule has 1 N–H and O–H groups in total. The summed E-state index contributed by atoms with van der Waals surface area (Å²) in [4.78, 5) is 3.97. The molecule has 0 spiro atoms. The van der Waals surface area contributed by atoms with Crippen LogP contribution in [0.2, 0.25) is 0 Å². The summed E-state index contributed by atoms with van der Waals surface area (Å²) in [5, 5.41) is 8.60. The van der Waals surface area contributed by atoms with Crippen LogP contribution < -0.4 is 4.74 Å². The molecular weight excluding hydrogens is 238 g/mol. The van der Waals surface area contributed by atoms with Crippen LogP contribution in [0.25, 0.3) is 0 Å². The van der Waals surface area contributed by atoms with Gasteiger partial charge in [-0.15, -0.1) is 0 Å². The first-order valence-electron chi connectivity index (χ1n) is 6.10. The average Bonchev–Trinajstić information content (AvgIpc) is 2.47. The Morgan fingerprint density at radius 3 is 2.47 bits per heavy atom. The lowest BCUT2D eigenvalue weighted by atomic mass is 10.2. The third-order valence-corrected chi connectivity index (χ3v) is 2.57. The highest BCUT2D eigenvalue weighted by atomic mass is 16.5. The molecule has 0 radical (unpaired) electrons. The maximum atomic E-state index is 8.60. The zero-order valence-electron chi connectivity index (χ0n) is 10.5. The number of benzene rings is 1. The molecule has 19 heavy (non-hydrogen) atoms. The van der Waals surface area contributed by atoms with Gasteiger partial charge in [0.25, 0.3) is 0 Å². The molecule has 0 atom stereocenters. The summed E-state index contributed by atoms with van der Waals surface area (Å²) in [6.45, 7) is 0.510. The van der Waals surface area contributed by atoms with Crippen molar-refractivity contribution < 1.29 is 9.84 Å². The molecule has 1 aromatic heterocycles. The first-order valence-corrected chi connectivity index (χ1v) is 6.10. The van der Waals surface area contributed by atoms with Gasteiger partial charge in [0.15, 0.2) is 0 Å². The molecule has 0 saturated carbocycles. The number of aromatic nitrogens is 1. The Morgan fingerprint density at radius 1 is 1.05 bits per heavy atom. The van der Waals surface area contributed by atoms with Gasteiger partial charge in [-0.3, -0.25) is 4.98 Å². The van der Waals surface area contributed by atoms with Crippen LogP contribution in [0.3, 0.4) is 0 Å². The maximum absolute atomic E-state index is 8.60. The molecule has 2 rings (SSSR count). The smallest absolute Gasteiger partial charge is 0.119 e. The van der Waals surface area contributed by atoms with Gasteiger partial charge >= 0.3 is 0 Å². The third kappa shape index (κ3) is 4.46. The Bertz CT molecular complexity index is 553. The van der Waals surface area contributed by atoms with E-state index < -0.39 is 0 Å². The van der Waals surface area contributed by atoms with Crippen LogP contribution >= 0.6 is 0 Å². The molecule has 3 heteroatoms. The van der Waals surface area contributed by atoms with Gasteiger partial charge in [-0.25, -0.2) is 0 Å². The number of hydrogen-bond donors (Lipinski definition) is 1. The van der Waals surface area contributed by atoms with Crippen molar-refractivity contribution in [3.05, 3.63) is 59.9 Å². The van der Waals surface area contributed by atoms with E-state index in [4.69, 9.17) is 9.84 Å². The fourth-order valence-electron chi connectivity index (χ4n) is 1.61. The van der Waals surface area contributed by atoms with Crippen LogP contribution in [0.4, 0.5) is 0 Å². The molecule has 3 nitrogen and oxygen atoms in total. The van der Waals surface area contributed by atoms with E-state index in [0.717, 1.165) is 17.7 Å². The zero-order chi connectivity index (χ0) is 13.3. The van der Waals surface area contributed by atoms with Crippen LogP contribution in [0.5, 0.6) is 5.75 Å². The average molecular weight is 253 g/mol. The van der Waals surface area contributed by atoms with Crippen molar-refractivity contribution >= 4 is 0 Å². The second kappa shape index (κ2) is 7.20. The molecule has 0 aliphatic heterocycles. The van der Waals surface area contributed by atoms with Crippen molar-refractivity contribution in [2.75, 3.05) is 13.2 Å². The Hall–Kier alpha value is -2.31. The summed E-state index contributed by atoms with van der Waals surface area (Å²) in [5.41, 5.74) is 2.08. The molecule has 96 valence electrons. The van der Waals surface area contributed by atoms with E-state index in [9.17, 15) is 0 Å². The van der Waals surface area contributed by atoms with Crippen molar-refractivity contribution in [2.24, 2.45) is 0 Å². The summed E-state index contributed by atoms with van der Waals surface area (Å²) in [7, 11) is 0. The lowest BCUT2D eigenvalue weighted by Gasteiger charge is -2.06. The normalized spacial score (nSPS) is 9.53. The van der Waals surface area contributed by atoms with Gasteiger partial charge in [0.1, 0.15) is 12.4 Å². The van der Waals surface area contributed by atoms with E-state index >= 15 is 0 Å². The molecular formula is C16H15NO2. The molecule has 0 saturated heterocycles. The van der Waals surface area contributed by atoms with Gasteiger partial charge in [-0.2, -0.15) is 0 Å². The van der Waals surface area contributed by atoms with Crippen LogP contribution in [0, 0.1) is 11.8 Å². The summed E-state index contributed by atoms with van der Waals surface area (Å²) in [6, 6.07) is 11.5. The quantitative estimate of drug-likeness (QED) is 0.848. The number of rotatable bonds is 4. The van der Waals surface area contributed by atoms with Crippen molar-refractivity contribution in [1.82, 2.24) is 4.98 Å². The van der Waals surface area contributed by atoms with E-state index in [-0.39, 0.29) is 6.61 Å². The van der Waals surface area contributed by atoms with Gasteiger partial charge in [-0.1, -0.05) is 11.8 Å².